The van der Waals surface area contributed by atoms with E-state index in [0.717, 1.165) is 11.1 Å². The van der Waals surface area contributed by atoms with Gasteiger partial charge in [0.25, 0.3) is 5.91 Å². The quantitative estimate of drug-likeness (QED) is 0.252. The Morgan fingerprint density at radius 3 is 2.58 bits per heavy atom. The van der Waals surface area contributed by atoms with Gasteiger partial charge in [0, 0.05) is 11.6 Å². The number of rotatable bonds is 9. The largest absolute Gasteiger partial charge is 0.490 e. The van der Waals surface area contributed by atoms with Gasteiger partial charge in [-0.05, 0) is 101 Å². The van der Waals surface area contributed by atoms with Crippen molar-refractivity contribution in [2.75, 3.05) is 13.2 Å². The molecule has 1 saturated heterocycles. The van der Waals surface area contributed by atoms with Gasteiger partial charge in [0.2, 0.25) is 0 Å². The zero-order valence-corrected chi connectivity index (χ0v) is 23.8. The number of carboxylic acids is 1. The summed E-state index contributed by atoms with van der Waals surface area (Å²) in [6, 6.07) is 17.4. The molecule has 0 aliphatic carbocycles. The average Bonchev–Trinajstić information content (AvgIpc) is 3.18. The van der Waals surface area contributed by atoms with E-state index in [0.29, 0.717) is 56.5 Å². The summed E-state index contributed by atoms with van der Waals surface area (Å²) >= 11 is 10.8. The van der Waals surface area contributed by atoms with E-state index in [2.05, 4.69) is 20.9 Å². The summed E-state index contributed by atoms with van der Waals surface area (Å²) in [7, 11) is 0. The van der Waals surface area contributed by atoms with Gasteiger partial charge in [-0.2, -0.15) is 0 Å². The summed E-state index contributed by atoms with van der Waals surface area (Å²) in [6.07, 6.45) is 1.78. The van der Waals surface area contributed by atoms with Crippen molar-refractivity contribution >= 4 is 68.1 Å². The van der Waals surface area contributed by atoms with E-state index in [4.69, 9.17) is 21.1 Å². The number of carboxylic acid groups (broad SMARTS) is 1. The monoisotopic (exact) mass is 614 g/mol. The normalized spacial score (nSPS) is 15.4. The van der Waals surface area contributed by atoms with Crippen LogP contribution in [0.15, 0.2) is 75.0 Å². The Hall–Kier alpha value is -3.27. The number of aliphatic imine (C=N–C) groups is 1. The molecule has 10 heteroatoms. The summed E-state index contributed by atoms with van der Waals surface area (Å²) < 4.78 is 12.6. The Bertz CT molecular complexity index is 1430. The van der Waals surface area contributed by atoms with Gasteiger partial charge in [0.15, 0.2) is 16.7 Å². The van der Waals surface area contributed by atoms with Gasteiger partial charge in [-0.1, -0.05) is 29.8 Å². The molecule has 0 atom stereocenters. The summed E-state index contributed by atoms with van der Waals surface area (Å²) in [5.74, 6) is -0.107. The lowest BCUT2D eigenvalue weighted by Gasteiger charge is -2.15. The van der Waals surface area contributed by atoms with E-state index < -0.39 is 5.97 Å². The minimum Gasteiger partial charge on any atom is -0.490 e. The SMILES string of the molecule is CCOc1cc(/C=C2\SC(=Nc3cccc(C(=O)O)c3)N(CC)C2=O)cc(Br)c1OCc1ccc(Cl)cc1. The molecule has 0 unspecified atom stereocenters. The maximum atomic E-state index is 13.1. The molecule has 0 spiro atoms. The van der Waals surface area contributed by atoms with E-state index in [1.54, 1.807) is 23.1 Å². The molecular weight excluding hydrogens is 592 g/mol. The Labute approximate surface area is 238 Å². The summed E-state index contributed by atoms with van der Waals surface area (Å²) in [5, 5.41) is 10.4. The highest BCUT2D eigenvalue weighted by atomic mass is 79.9. The molecule has 3 aromatic rings. The number of thioether (sulfide) groups is 1. The van der Waals surface area contributed by atoms with Crippen molar-refractivity contribution in [1.82, 2.24) is 4.90 Å². The number of nitrogens with zero attached hydrogens (tertiary/aromatic N) is 2. The molecule has 38 heavy (non-hydrogen) atoms. The zero-order chi connectivity index (χ0) is 27.2. The second kappa shape index (κ2) is 12.5. The third kappa shape index (κ3) is 6.59. The number of amidine groups is 1. The van der Waals surface area contributed by atoms with Crippen molar-refractivity contribution in [1.29, 1.82) is 0 Å². The predicted molar refractivity (Wildman–Crippen MR) is 155 cm³/mol. The van der Waals surface area contributed by atoms with Crippen molar-refractivity contribution in [3.63, 3.8) is 0 Å². The fourth-order valence-corrected chi connectivity index (χ4v) is 5.41. The molecule has 1 fully saturated rings. The molecule has 3 aromatic carbocycles. The number of amides is 1. The number of benzene rings is 3. The number of hydrogen-bond donors (Lipinski definition) is 1. The molecule has 4 rings (SSSR count). The van der Waals surface area contributed by atoms with Crippen LogP contribution in [-0.2, 0) is 11.4 Å². The lowest BCUT2D eigenvalue weighted by atomic mass is 10.1. The molecule has 1 N–H and O–H groups in total. The van der Waals surface area contributed by atoms with Crippen molar-refractivity contribution in [3.05, 3.63) is 91.8 Å². The fraction of sp³-hybridized carbons (Fsp3) is 0.179. The zero-order valence-electron chi connectivity index (χ0n) is 20.6. The first kappa shape index (κ1) is 27.8. The lowest BCUT2D eigenvalue weighted by Crippen LogP contribution is -2.28. The lowest BCUT2D eigenvalue weighted by molar-refractivity contribution is -0.122. The van der Waals surface area contributed by atoms with Crippen molar-refractivity contribution in [2.45, 2.75) is 20.5 Å². The van der Waals surface area contributed by atoms with E-state index in [1.165, 1.54) is 23.9 Å². The number of ether oxygens (including phenoxy) is 2. The number of carbonyl (C=O) groups excluding carboxylic acids is 1. The second-order valence-electron chi connectivity index (χ2n) is 8.09. The van der Waals surface area contributed by atoms with Gasteiger partial charge in [-0.15, -0.1) is 0 Å². The van der Waals surface area contributed by atoms with Crippen molar-refractivity contribution in [2.24, 2.45) is 4.99 Å². The summed E-state index contributed by atoms with van der Waals surface area (Å²) in [4.78, 5) is 31.1. The molecule has 1 amide bonds. The smallest absolute Gasteiger partial charge is 0.335 e. The van der Waals surface area contributed by atoms with Crippen LogP contribution in [0.3, 0.4) is 0 Å². The third-order valence-corrected chi connectivity index (χ3v) is 7.30. The fourth-order valence-electron chi connectivity index (χ4n) is 3.65. The van der Waals surface area contributed by atoms with Gasteiger partial charge in [0.05, 0.1) is 27.2 Å². The Balaban J connectivity index is 1.61. The summed E-state index contributed by atoms with van der Waals surface area (Å²) in [5.41, 5.74) is 2.30. The molecule has 1 aliphatic rings. The molecular formula is C28H24BrClN2O5S. The van der Waals surface area contributed by atoms with Crippen molar-refractivity contribution in [3.8, 4) is 11.5 Å². The number of halogens is 2. The molecule has 0 saturated carbocycles. The van der Waals surface area contributed by atoms with Crippen LogP contribution in [-0.4, -0.2) is 40.2 Å². The highest BCUT2D eigenvalue weighted by Crippen LogP contribution is 2.40. The minimum absolute atomic E-state index is 0.131. The molecule has 0 radical (unpaired) electrons. The van der Waals surface area contributed by atoms with Gasteiger partial charge < -0.3 is 14.6 Å². The average molecular weight is 616 g/mol. The Morgan fingerprint density at radius 2 is 1.89 bits per heavy atom. The van der Waals surface area contributed by atoms with Crippen LogP contribution >= 0.6 is 39.3 Å². The highest BCUT2D eigenvalue weighted by molar-refractivity contribution is 9.10. The number of aromatic carboxylic acids is 1. The predicted octanol–water partition coefficient (Wildman–Crippen LogP) is 7.40. The van der Waals surface area contributed by atoms with Crippen LogP contribution in [0, 0.1) is 0 Å². The van der Waals surface area contributed by atoms with Gasteiger partial charge >= 0.3 is 5.97 Å². The van der Waals surface area contributed by atoms with E-state index in [-0.39, 0.29) is 11.5 Å². The first-order valence-corrected chi connectivity index (χ1v) is 13.7. The number of hydrogen-bond acceptors (Lipinski definition) is 6. The topological polar surface area (TPSA) is 88.4 Å². The number of likely N-dealkylation sites (N-methyl/N-ethyl adjacent to an activating group) is 1. The molecule has 0 bridgehead atoms. The standard InChI is InChI=1S/C28H24BrClN2O5S/c1-3-32-26(33)24(38-28(32)31-21-7-5-6-19(15-21)27(34)35)14-18-12-22(29)25(23(13-18)36-4-2)37-16-17-8-10-20(30)11-9-17/h5-15H,3-4,16H2,1-2H3,(H,34,35)/b24-14-,31-28?. The first-order valence-electron chi connectivity index (χ1n) is 11.8. The molecule has 7 nitrogen and oxygen atoms in total. The van der Waals surface area contributed by atoms with Crippen LogP contribution in [0.2, 0.25) is 5.02 Å². The molecule has 0 aromatic heterocycles. The molecule has 1 aliphatic heterocycles. The Kier molecular flexibility index (Phi) is 9.14. The van der Waals surface area contributed by atoms with Crippen LogP contribution in [0.25, 0.3) is 6.08 Å². The van der Waals surface area contributed by atoms with E-state index in [1.807, 2.05) is 50.2 Å². The van der Waals surface area contributed by atoms with E-state index in [9.17, 15) is 14.7 Å². The molecule has 1 heterocycles. The van der Waals surface area contributed by atoms with Gasteiger partial charge in [0.1, 0.15) is 6.61 Å². The Morgan fingerprint density at radius 1 is 1.13 bits per heavy atom. The first-order chi connectivity index (χ1) is 18.3. The molecule has 196 valence electrons. The third-order valence-electron chi connectivity index (χ3n) is 5.45. The van der Waals surface area contributed by atoms with Crippen LogP contribution < -0.4 is 9.47 Å². The van der Waals surface area contributed by atoms with Crippen LogP contribution in [0.4, 0.5) is 5.69 Å². The van der Waals surface area contributed by atoms with E-state index >= 15 is 0 Å². The highest BCUT2D eigenvalue weighted by Gasteiger charge is 2.32. The van der Waals surface area contributed by atoms with Crippen LogP contribution in [0.5, 0.6) is 11.5 Å². The minimum atomic E-state index is -1.04. The summed E-state index contributed by atoms with van der Waals surface area (Å²) in [6.45, 7) is 4.94. The number of carbonyl (C=O) groups is 2. The maximum Gasteiger partial charge on any atom is 0.335 e. The second-order valence-corrected chi connectivity index (χ2v) is 10.4. The van der Waals surface area contributed by atoms with Crippen molar-refractivity contribution < 1.29 is 24.2 Å². The van der Waals surface area contributed by atoms with Gasteiger partial charge in [-0.3, -0.25) is 9.69 Å². The van der Waals surface area contributed by atoms with Gasteiger partial charge in [-0.25, -0.2) is 9.79 Å². The maximum absolute atomic E-state index is 13.1. The van der Waals surface area contributed by atoms with Crippen LogP contribution in [0.1, 0.15) is 35.3 Å².